The molecule has 0 aliphatic carbocycles. The standard InChI is InChI=1S/C25H25N3O2/c29-23(26-15-18-6-3-7-19(14-18)16-27-12-1-2-13-27)17-28-22-11-5-9-20-8-4-10-21(24(20)22)25(28)30/h3-11,14H,1-2,12-13,15-17H2,(H,26,29). The highest BCUT2D eigenvalue weighted by molar-refractivity contribution is 6.26. The first-order valence-electron chi connectivity index (χ1n) is 10.6. The molecule has 1 N–H and O–H groups in total. The van der Waals surface area contributed by atoms with Crippen molar-refractivity contribution in [2.75, 3.05) is 24.5 Å². The van der Waals surface area contributed by atoms with Gasteiger partial charge in [0.05, 0.1) is 5.69 Å². The Bertz CT molecular complexity index is 1110. The van der Waals surface area contributed by atoms with Gasteiger partial charge >= 0.3 is 0 Å². The van der Waals surface area contributed by atoms with Gasteiger partial charge in [-0.2, -0.15) is 0 Å². The molecule has 5 nitrogen and oxygen atoms in total. The minimum atomic E-state index is -0.155. The summed E-state index contributed by atoms with van der Waals surface area (Å²) in [7, 11) is 0. The van der Waals surface area contributed by atoms with Gasteiger partial charge in [0.15, 0.2) is 0 Å². The molecule has 30 heavy (non-hydrogen) atoms. The summed E-state index contributed by atoms with van der Waals surface area (Å²) in [6.07, 6.45) is 2.56. The topological polar surface area (TPSA) is 52.7 Å². The maximum absolute atomic E-state index is 12.8. The van der Waals surface area contributed by atoms with E-state index in [-0.39, 0.29) is 18.4 Å². The van der Waals surface area contributed by atoms with Gasteiger partial charge in [-0.3, -0.25) is 19.4 Å². The number of nitrogens with zero attached hydrogens (tertiary/aromatic N) is 2. The number of carbonyl (C=O) groups is 2. The average molecular weight is 399 g/mol. The fraction of sp³-hybridized carbons (Fsp3) is 0.280. The van der Waals surface area contributed by atoms with Gasteiger partial charge in [0, 0.05) is 24.0 Å². The van der Waals surface area contributed by atoms with Crippen LogP contribution in [0.15, 0.2) is 60.7 Å². The minimum absolute atomic E-state index is 0.0279. The maximum Gasteiger partial charge on any atom is 0.259 e. The first kappa shape index (κ1) is 18.8. The largest absolute Gasteiger partial charge is 0.350 e. The lowest BCUT2D eigenvalue weighted by molar-refractivity contribution is -0.119. The van der Waals surface area contributed by atoms with Crippen molar-refractivity contribution in [1.29, 1.82) is 0 Å². The van der Waals surface area contributed by atoms with E-state index in [2.05, 4.69) is 22.3 Å². The van der Waals surface area contributed by atoms with E-state index >= 15 is 0 Å². The van der Waals surface area contributed by atoms with Crippen molar-refractivity contribution in [3.05, 3.63) is 77.4 Å². The zero-order chi connectivity index (χ0) is 20.5. The fourth-order valence-electron chi connectivity index (χ4n) is 4.57. The molecule has 0 spiro atoms. The van der Waals surface area contributed by atoms with Crippen molar-refractivity contribution in [2.45, 2.75) is 25.9 Å². The summed E-state index contributed by atoms with van der Waals surface area (Å²) in [6.45, 7) is 3.79. The Hall–Kier alpha value is -3.18. The summed E-state index contributed by atoms with van der Waals surface area (Å²) in [6, 6.07) is 19.9. The molecular formula is C25H25N3O2. The number of hydrogen-bond acceptors (Lipinski definition) is 3. The number of likely N-dealkylation sites (tertiary alicyclic amines) is 1. The van der Waals surface area contributed by atoms with Gasteiger partial charge in [-0.15, -0.1) is 0 Å². The summed E-state index contributed by atoms with van der Waals surface area (Å²) in [5, 5.41) is 4.94. The van der Waals surface area contributed by atoms with Crippen LogP contribution in [-0.2, 0) is 17.9 Å². The predicted molar refractivity (Wildman–Crippen MR) is 118 cm³/mol. The number of anilines is 1. The van der Waals surface area contributed by atoms with E-state index in [1.165, 1.54) is 31.5 Å². The fourth-order valence-corrected chi connectivity index (χ4v) is 4.57. The molecule has 1 fully saturated rings. The van der Waals surface area contributed by atoms with Crippen molar-refractivity contribution in [3.8, 4) is 0 Å². The van der Waals surface area contributed by atoms with E-state index in [0.717, 1.165) is 28.6 Å². The second kappa shape index (κ2) is 7.92. The molecule has 2 aliphatic heterocycles. The van der Waals surface area contributed by atoms with Crippen LogP contribution in [0, 0.1) is 0 Å². The van der Waals surface area contributed by atoms with Gasteiger partial charge in [-0.25, -0.2) is 0 Å². The van der Waals surface area contributed by atoms with E-state index in [1.807, 2.05) is 48.5 Å². The monoisotopic (exact) mass is 399 g/mol. The quantitative estimate of drug-likeness (QED) is 0.688. The number of nitrogens with one attached hydrogen (secondary N) is 1. The Labute approximate surface area is 176 Å². The van der Waals surface area contributed by atoms with Crippen LogP contribution in [0.3, 0.4) is 0 Å². The van der Waals surface area contributed by atoms with Gasteiger partial charge in [0.1, 0.15) is 6.54 Å². The number of hydrogen-bond donors (Lipinski definition) is 1. The summed E-state index contributed by atoms with van der Waals surface area (Å²) in [5.41, 5.74) is 3.85. The smallest absolute Gasteiger partial charge is 0.259 e. The van der Waals surface area contributed by atoms with Crippen LogP contribution in [-0.4, -0.2) is 36.3 Å². The van der Waals surface area contributed by atoms with E-state index in [4.69, 9.17) is 0 Å². The second-order valence-electron chi connectivity index (χ2n) is 8.15. The van der Waals surface area contributed by atoms with Gasteiger partial charge in [-0.1, -0.05) is 48.5 Å². The van der Waals surface area contributed by atoms with Crippen molar-refractivity contribution in [2.24, 2.45) is 0 Å². The van der Waals surface area contributed by atoms with Crippen LogP contribution in [0.5, 0.6) is 0 Å². The zero-order valence-corrected chi connectivity index (χ0v) is 16.9. The summed E-state index contributed by atoms with van der Waals surface area (Å²) in [4.78, 5) is 29.5. The molecule has 152 valence electrons. The van der Waals surface area contributed by atoms with Gasteiger partial charge < -0.3 is 5.32 Å². The van der Waals surface area contributed by atoms with Gasteiger partial charge in [-0.05, 0) is 54.6 Å². The maximum atomic E-state index is 12.8. The van der Waals surface area contributed by atoms with E-state index in [0.29, 0.717) is 12.1 Å². The molecule has 0 radical (unpaired) electrons. The Morgan fingerprint density at radius 3 is 2.50 bits per heavy atom. The molecule has 0 saturated carbocycles. The van der Waals surface area contributed by atoms with Gasteiger partial charge in [0.25, 0.3) is 5.91 Å². The van der Waals surface area contributed by atoms with Crippen LogP contribution in [0.4, 0.5) is 5.69 Å². The zero-order valence-electron chi connectivity index (χ0n) is 16.9. The van der Waals surface area contributed by atoms with E-state index in [1.54, 1.807) is 4.90 Å². The normalized spacial score (nSPS) is 15.9. The number of benzene rings is 3. The molecule has 0 bridgehead atoms. The highest BCUT2D eigenvalue weighted by atomic mass is 16.2. The molecule has 5 heteroatoms. The first-order valence-corrected chi connectivity index (χ1v) is 10.6. The molecule has 2 heterocycles. The summed E-state index contributed by atoms with van der Waals surface area (Å²) >= 11 is 0. The second-order valence-corrected chi connectivity index (χ2v) is 8.15. The Balaban J connectivity index is 1.23. The number of rotatable bonds is 6. The molecule has 0 aromatic heterocycles. The molecule has 1 saturated heterocycles. The Morgan fingerprint density at radius 2 is 1.67 bits per heavy atom. The lowest BCUT2D eigenvalue weighted by atomic mass is 10.1. The van der Waals surface area contributed by atoms with Crippen molar-refractivity contribution in [1.82, 2.24) is 10.2 Å². The molecule has 2 aliphatic rings. The molecule has 5 rings (SSSR count). The number of carbonyl (C=O) groups excluding carboxylic acids is 2. The highest BCUT2D eigenvalue weighted by Crippen LogP contribution is 2.36. The van der Waals surface area contributed by atoms with Crippen molar-refractivity contribution >= 4 is 28.3 Å². The number of amides is 2. The molecule has 0 atom stereocenters. The minimum Gasteiger partial charge on any atom is -0.350 e. The van der Waals surface area contributed by atoms with Crippen LogP contribution >= 0.6 is 0 Å². The van der Waals surface area contributed by atoms with Crippen LogP contribution in [0.2, 0.25) is 0 Å². The molecule has 3 aromatic carbocycles. The predicted octanol–water partition coefficient (Wildman–Crippen LogP) is 3.71. The lowest BCUT2D eigenvalue weighted by Gasteiger charge is -2.18. The Morgan fingerprint density at radius 1 is 0.933 bits per heavy atom. The molecular weight excluding hydrogens is 374 g/mol. The SMILES string of the molecule is O=C(CN1C(=O)c2cccc3cccc1c23)NCc1cccc(CN2CCCC2)c1. The molecule has 2 amide bonds. The third kappa shape index (κ3) is 3.57. The first-order chi connectivity index (χ1) is 14.7. The van der Waals surface area contributed by atoms with Crippen molar-refractivity contribution < 1.29 is 9.59 Å². The molecule has 0 unspecified atom stereocenters. The molecule has 3 aromatic rings. The van der Waals surface area contributed by atoms with Crippen LogP contribution in [0.25, 0.3) is 10.8 Å². The highest BCUT2D eigenvalue weighted by Gasteiger charge is 2.30. The van der Waals surface area contributed by atoms with E-state index in [9.17, 15) is 9.59 Å². The van der Waals surface area contributed by atoms with Gasteiger partial charge in [0.2, 0.25) is 5.91 Å². The van der Waals surface area contributed by atoms with E-state index < -0.39 is 0 Å². The van der Waals surface area contributed by atoms with Crippen LogP contribution < -0.4 is 10.2 Å². The summed E-state index contributed by atoms with van der Waals surface area (Å²) in [5.74, 6) is -0.261. The third-order valence-electron chi connectivity index (χ3n) is 6.04. The lowest BCUT2D eigenvalue weighted by Crippen LogP contribution is -2.38. The average Bonchev–Trinajstić information content (AvgIpc) is 3.36. The van der Waals surface area contributed by atoms with Crippen LogP contribution in [0.1, 0.15) is 34.3 Å². The van der Waals surface area contributed by atoms with Crippen molar-refractivity contribution in [3.63, 3.8) is 0 Å². The summed E-state index contributed by atoms with van der Waals surface area (Å²) < 4.78 is 0. The third-order valence-corrected chi connectivity index (χ3v) is 6.04. The Kier molecular flexibility index (Phi) is 4.97.